The molecule has 3 amide bonds. The van der Waals surface area contributed by atoms with Gasteiger partial charge in [-0.05, 0) is 20.8 Å². The third-order valence-corrected chi connectivity index (χ3v) is 1.88. The van der Waals surface area contributed by atoms with E-state index < -0.39 is 24.6 Å². The lowest BCUT2D eigenvalue weighted by Gasteiger charge is -2.20. The summed E-state index contributed by atoms with van der Waals surface area (Å²) in [7, 11) is 1.34. The molecule has 3 N–H and O–H groups in total. The number of likely N-dealkylation sites (N-methyl/N-ethyl adjacent to an activating group) is 1. The molecule has 0 aromatic rings. The Bertz CT molecular complexity index is 304. The van der Waals surface area contributed by atoms with Gasteiger partial charge in [-0.15, -0.1) is 0 Å². The van der Waals surface area contributed by atoms with Crippen LogP contribution >= 0.6 is 0 Å². The van der Waals surface area contributed by atoms with Crippen LogP contribution in [0.3, 0.4) is 0 Å². The van der Waals surface area contributed by atoms with Gasteiger partial charge < -0.3 is 20.6 Å². The van der Waals surface area contributed by atoms with Gasteiger partial charge >= 0.3 is 12.0 Å². The highest BCUT2D eigenvalue weighted by molar-refractivity contribution is 5.87. The highest BCUT2D eigenvalue weighted by Gasteiger charge is 2.19. The Hall–Kier alpha value is -1.79. The smallest absolute Gasteiger partial charge is 0.323 e. The van der Waals surface area contributed by atoms with E-state index in [1.165, 1.54) is 14.0 Å². The lowest BCUT2D eigenvalue weighted by atomic mass is 10.3. The van der Waals surface area contributed by atoms with Crippen LogP contribution in [0, 0.1) is 0 Å². The summed E-state index contributed by atoms with van der Waals surface area (Å²) in [5, 5.41) is 13.5. The molecule has 0 aliphatic rings. The lowest BCUT2D eigenvalue weighted by molar-refractivity contribution is -0.137. The monoisotopic (exact) mass is 245 g/mol. The summed E-state index contributed by atoms with van der Waals surface area (Å²) in [6.45, 7) is 4.74. The predicted octanol–water partition coefficient (Wildman–Crippen LogP) is -0.374. The van der Waals surface area contributed by atoms with E-state index in [0.717, 1.165) is 4.90 Å². The summed E-state index contributed by atoms with van der Waals surface area (Å²) in [4.78, 5) is 34.3. The second kappa shape index (κ2) is 6.72. The van der Waals surface area contributed by atoms with Crippen molar-refractivity contribution in [2.24, 2.45) is 0 Å². The number of aliphatic carboxylic acids is 1. The van der Waals surface area contributed by atoms with E-state index in [9.17, 15) is 14.4 Å². The Kier molecular flexibility index (Phi) is 6.01. The largest absolute Gasteiger partial charge is 0.480 e. The number of carbonyl (C=O) groups is 3. The van der Waals surface area contributed by atoms with Crippen LogP contribution in [0.4, 0.5) is 4.79 Å². The number of hydrogen-bond donors (Lipinski definition) is 3. The van der Waals surface area contributed by atoms with Crippen LogP contribution in [0.15, 0.2) is 0 Å². The molecule has 1 unspecified atom stereocenters. The average molecular weight is 245 g/mol. The normalized spacial score (nSPS) is 11.8. The van der Waals surface area contributed by atoms with Crippen molar-refractivity contribution >= 4 is 17.9 Å². The highest BCUT2D eigenvalue weighted by Crippen LogP contribution is 1.90. The molecule has 7 heteroatoms. The third kappa shape index (κ3) is 6.39. The Morgan fingerprint density at radius 3 is 2.12 bits per heavy atom. The van der Waals surface area contributed by atoms with Gasteiger partial charge in [-0.1, -0.05) is 0 Å². The molecule has 0 bridgehead atoms. The standard InChI is InChI=1S/C10H19N3O4/c1-6(2)11-9(16)7(3)12-10(17)13(4)5-8(14)15/h6-7H,5H2,1-4H3,(H,11,16)(H,12,17)(H,14,15). The fraction of sp³-hybridized carbons (Fsp3) is 0.700. The fourth-order valence-corrected chi connectivity index (χ4v) is 1.05. The van der Waals surface area contributed by atoms with E-state index >= 15 is 0 Å². The molecular formula is C10H19N3O4. The third-order valence-electron chi connectivity index (χ3n) is 1.88. The van der Waals surface area contributed by atoms with Crippen molar-refractivity contribution < 1.29 is 19.5 Å². The molecule has 0 spiro atoms. The molecule has 0 aliphatic carbocycles. The summed E-state index contributed by atoms with van der Waals surface area (Å²) < 4.78 is 0. The maximum atomic E-state index is 11.5. The van der Waals surface area contributed by atoms with Crippen molar-refractivity contribution in [1.29, 1.82) is 0 Å². The van der Waals surface area contributed by atoms with Gasteiger partial charge in [0, 0.05) is 13.1 Å². The van der Waals surface area contributed by atoms with Crippen molar-refractivity contribution in [3.8, 4) is 0 Å². The van der Waals surface area contributed by atoms with Crippen molar-refractivity contribution in [2.75, 3.05) is 13.6 Å². The van der Waals surface area contributed by atoms with E-state index in [1.807, 2.05) is 13.8 Å². The fourth-order valence-electron chi connectivity index (χ4n) is 1.05. The summed E-state index contributed by atoms with van der Waals surface area (Å²) in [6.07, 6.45) is 0. The summed E-state index contributed by atoms with van der Waals surface area (Å²) in [5.41, 5.74) is 0. The van der Waals surface area contributed by atoms with Gasteiger partial charge in [-0.3, -0.25) is 9.59 Å². The number of nitrogens with zero attached hydrogens (tertiary/aromatic N) is 1. The molecule has 0 aromatic heterocycles. The lowest BCUT2D eigenvalue weighted by Crippen LogP contribution is -2.50. The minimum Gasteiger partial charge on any atom is -0.480 e. The Labute approximate surface area is 100 Å². The molecule has 7 nitrogen and oxygen atoms in total. The second-order valence-electron chi connectivity index (χ2n) is 4.08. The van der Waals surface area contributed by atoms with Gasteiger partial charge in [0.15, 0.2) is 0 Å². The molecule has 17 heavy (non-hydrogen) atoms. The van der Waals surface area contributed by atoms with E-state index in [1.54, 1.807) is 0 Å². The molecule has 0 aromatic carbocycles. The Morgan fingerprint density at radius 1 is 1.18 bits per heavy atom. The van der Waals surface area contributed by atoms with Crippen LogP contribution in [0.1, 0.15) is 20.8 Å². The van der Waals surface area contributed by atoms with Crippen LogP contribution in [0.2, 0.25) is 0 Å². The highest BCUT2D eigenvalue weighted by atomic mass is 16.4. The number of carbonyl (C=O) groups excluding carboxylic acids is 2. The Morgan fingerprint density at radius 2 is 1.71 bits per heavy atom. The van der Waals surface area contributed by atoms with E-state index in [4.69, 9.17) is 5.11 Å². The maximum absolute atomic E-state index is 11.5. The average Bonchev–Trinajstić information content (AvgIpc) is 2.15. The molecule has 0 fully saturated rings. The second-order valence-corrected chi connectivity index (χ2v) is 4.08. The van der Waals surface area contributed by atoms with Crippen LogP contribution < -0.4 is 10.6 Å². The van der Waals surface area contributed by atoms with Crippen LogP contribution in [-0.2, 0) is 9.59 Å². The van der Waals surface area contributed by atoms with Gasteiger partial charge in [0.05, 0.1) is 0 Å². The van der Waals surface area contributed by atoms with Gasteiger partial charge in [0.2, 0.25) is 5.91 Å². The number of nitrogens with one attached hydrogen (secondary N) is 2. The number of hydrogen-bond acceptors (Lipinski definition) is 3. The van der Waals surface area contributed by atoms with Crippen molar-refractivity contribution in [3.63, 3.8) is 0 Å². The van der Waals surface area contributed by atoms with Gasteiger partial charge in [0.25, 0.3) is 0 Å². The first-order chi connectivity index (χ1) is 7.73. The number of carboxylic acids is 1. The van der Waals surface area contributed by atoms with Gasteiger partial charge in [-0.2, -0.15) is 0 Å². The molecule has 0 heterocycles. The number of amides is 3. The molecule has 0 rings (SSSR count). The zero-order chi connectivity index (χ0) is 13.6. The maximum Gasteiger partial charge on any atom is 0.323 e. The zero-order valence-corrected chi connectivity index (χ0v) is 10.5. The molecule has 0 aliphatic heterocycles. The topological polar surface area (TPSA) is 98.7 Å². The Balaban J connectivity index is 4.19. The van der Waals surface area contributed by atoms with Gasteiger partial charge in [-0.25, -0.2) is 4.79 Å². The van der Waals surface area contributed by atoms with Gasteiger partial charge in [0.1, 0.15) is 12.6 Å². The SMILES string of the molecule is CC(C)NC(=O)C(C)NC(=O)N(C)CC(=O)O. The number of rotatable bonds is 5. The first-order valence-electron chi connectivity index (χ1n) is 5.27. The van der Waals surface area contributed by atoms with Crippen LogP contribution in [0.5, 0.6) is 0 Å². The summed E-state index contributed by atoms with van der Waals surface area (Å²) >= 11 is 0. The summed E-state index contributed by atoms with van der Waals surface area (Å²) in [5.74, 6) is -1.42. The molecule has 1 atom stereocenters. The van der Waals surface area contributed by atoms with Crippen molar-refractivity contribution in [2.45, 2.75) is 32.9 Å². The van der Waals surface area contributed by atoms with Crippen LogP contribution in [0.25, 0.3) is 0 Å². The predicted molar refractivity (Wildman–Crippen MR) is 61.5 cm³/mol. The van der Waals surface area contributed by atoms with E-state index in [2.05, 4.69) is 10.6 Å². The van der Waals surface area contributed by atoms with Crippen molar-refractivity contribution in [3.05, 3.63) is 0 Å². The molecule has 0 saturated heterocycles. The van der Waals surface area contributed by atoms with E-state index in [0.29, 0.717) is 0 Å². The van der Waals surface area contributed by atoms with E-state index in [-0.39, 0.29) is 11.9 Å². The number of urea groups is 1. The van der Waals surface area contributed by atoms with Crippen molar-refractivity contribution in [1.82, 2.24) is 15.5 Å². The summed E-state index contributed by atoms with van der Waals surface area (Å²) in [6, 6.07) is -1.32. The molecule has 0 radical (unpaired) electrons. The molecule has 98 valence electrons. The molecule has 0 saturated carbocycles. The number of carboxylic acid groups (broad SMARTS) is 1. The quantitative estimate of drug-likeness (QED) is 0.615. The zero-order valence-electron chi connectivity index (χ0n) is 10.5. The minimum absolute atomic E-state index is 0.0152. The minimum atomic E-state index is -1.11. The van der Waals surface area contributed by atoms with Crippen LogP contribution in [-0.4, -0.2) is 53.6 Å². The molecular weight excluding hydrogens is 226 g/mol. The first-order valence-corrected chi connectivity index (χ1v) is 5.27. The first kappa shape index (κ1) is 15.2.